The van der Waals surface area contributed by atoms with E-state index in [4.69, 9.17) is 4.74 Å². The van der Waals surface area contributed by atoms with Crippen LogP contribution >= 0.6 is 0 Å². The Morgan fingerprint density at radius 3 is 2.77 bits per heavy atom. The first-order valence-electron chi connectivity index (χ1n) is 3.88. The highest BCUT2D eigenvalue weighted by Gasteiger charge is 2.16. The molecule has 0 fully saturated rings. The highest BCUT2D eigenvalue weighted by Crippen LogP contribution is 2.10. The number of hydrogen-bond donors (Lipinski definition) is 1. The van der Waals surface area contributed by atoms with Gasteiger partial charge in [0.1, 0.15) is 5.60 Å². The van der Waals surface area contributed by atoms with Gasteiger partial charge in [-0.2, -0.15) is 0 Å². The summed E-state index contributed by atoms with van der Waals surface area (Å²) >= 11 is 0. The predicted octanol–water partition coefficient (Wildman–Crippen LogP) is 2.02. The van der Waals surface area contributed by atoms with Crippen LogP contribution in [-0.4, -0.2) is 16.9 Å². The molecule has 5 heteroatoms. The number of hydrogen-bond acceptors (Lipinski definition) is 4. The standard InChI is InChI=1S/C8H12N2O3/c1-8(2,3)12-7(11)10-6-4-5-9-13-6/h4-5H,1-3H3,(H,10,11). The minimum absolute atomic E-state index is 0.272. The van der Waals surface area contributed by atoms with Crippen molar-refractivity contribution in [1.82, 2.24) is 5.16 Å². The summed E-state index contributed by atoms with van der Waals surface area (Å²) in [5, 5.41) is 5.81. The van der Waals surface area contributed by atoms with Crippen LogP contribution in [0.25, 0.3) is 0 Å². The molecule has 0 aliphatic rings. The minimum Gasteiger partial charge on any atom is -0.444 e. The van der Waals surface area contributed by atoms with Crippen molar-refractivity contribution in [3.8, 4) is 0 Å². The summed E-state index contributed by atoms with van der Waals surface area (Å²) in [6, 6.07) is 1.53. The fourth-order valence-corrected chi connectivity index (χ4v) is 0.684. The molecule has 0 saturated carbocycles. The lowest BCUT2D eigenvalue weighted by Crippen LogP contribution is -2.27. The summed E-state index contributed by atoms with van der Waals surface area (Å²) in [5.41, 5.74) is -0.510. The molecule has 0 unspecified atom stereocenters. The van der Waals surface area contributed by atoms with Gasteiger partial charge in [-0.15, -0.1) is 0 Å². The maximum absolute atomic E-state index is 11.1. The Morgan fingerprint density at radius 1 is 1.62 bits per heavy atom. The van der Waals surface area contributed by atoms with Crippen molar-refractivity contribution in [2.45, 2.75) is 26.4 Å². The molecule has 0 bridgehead atoms. The van der Waals surface area contributed by atoms with Crippen LogP contribution in [0.4, 0.5) is 10.7 Å². The Hall–Kier alpha value is -1.52. The minimum atomic E-state index is -0.552. The Kier molecular flexibility index (Phi) is 2.55. The van der Waals surface area contributed by atoms with Gasteiger partial charge in [-0.3, -0.25) is 5.32 Å². The van der Waals surface area contributed by atoms with E-state index >= 15 is 0 Å². The van der Waals surface area contributed by atoms with Crippen LogP contribution < -0.4 is 5.32 Å². The zero-order valence-electron chi connectivity index (χ0n) is 7.83. The van der Waals surface area contributed by atoms with E-state index in [2.05, 4.69) is 15.0 Å². The van der Waals surface area contributed by atoms with Crippen LogP contribution in [-0.2, 0) is 4.74 Å². The molecule has 0 aliphatic heterocycles. The summed E-state index contributed by atoms with van der Waals surface area (Å²) in [5.74, 6) is 0.272. The van der Waals surface area contributed by atoms with Crippen LogP contribution in [0.1, 0.15) is 20.8 Å². The van der Waals surface area contributed by atoms with Crippen molar-refractivity contribution >= 4 is 12.0 Å². The van der Waals surface area contributed by atoms with Crippen molar-refractivity contribution in [2.75, 3.05) is 5.32 Å². The van der Waals surface area contributed by atoms with E-state index in [1.54, 1.807) is 20.8 Å². The summed E-state index contributed by atoms with van der Waals surface area (Å²) in [7, 11) is 0. The SMILES string of the molecule is CC(C)(C)OC(=O)Nc1ccno1. The van der Waals surface area contributed by atoms with E-state index in [1.165, 1.54) is 12.3 Å². The van der Waals surface area contributed by atoms with E-state index < -0.39 is 11.7 Å². The number of rotatable bonds is 1. The maximum atomic E-state index is 11.1. The second kappa shape index (κ2) is 3.47. The summed E-state index contributed by atoms with van der Waals surface area (Å²) in [4.78, 5) is 11.1. The Morgan fingerprint density at radius 2 is 2.31 bits per heavy atom. The second-order valence-electron chi connectivity index (χ2n) is 3.50. The molecule has 13 heavy (non-hydrogen) atoms. The molecule has 72 valence electrons. The molecular weight excluding hydrogens is 172 g/mol. The number of carbonyl (C=O) groups is 1. The first-order chi connectivity index (χ1) is 5.97. The van der Waals surface area contributed by atoms with Gasteiger partial charge < -0.3 is 9.26 Å². The van der Waals surface area contributed by atoms with E-state index in [0.717, 1.165) is 0 Å². The maximum Gasteiger partial charge on any atom is 0.414 e. The average Bonchev–Trinajstić information content (AvgIpc) is 2.34. The fraction of sp³-hybridized carbons (Fsp3) is 0.500. The third-order valence-electron chi connectivity index (χ3n) is 1.06. The number of aromatic nitrogens is 1. The first-order valence-corrected chi connectivity index (χ1v) is 3.88. The number of amides is 1. The normalized spacial score (nSPS) is 11.0. The second-order valence-corrected chi connectivity index (χ2v) is 3.50. The third-order valence-corrected chi connectivity index (χ3v) is 1.06. The molecular formula is C8H12N2O3. The molecule has 0 spiro atoms. The molecule has 1 heterocycles. The summed E-state index contributed by atoms with van der Waals surface area (Å²) in [6.07, 6.45) is 0.886. The molecule has 0 radical (unpaired) electrons. The highest BCUT2D eigenvalue weighted by atomic mass is 16.6. The molecule has 1 rings (SSSR count). The smallest absolute Gasteiger partial charge is 0.414 e. The van der Waals surface area contributed by atoms with Crippen LogP contribution in [0.3, 0.4) is 0 Å². The number of ether oxygens (including phenoxy) is 1. The van der Waals surface area contributed by atoms with Crippen LogP contribution in [0.5, 0.6) is 0 Å². The van der Waals surface area contributed by atoms with Crippen LogP contribution in [0, 0.1) is 0 Å². The number of nitrogens with zero attached hydrogens (tertiary/aromatic N) is 1. The largest absolute Gasteiger partial charge is 0.444 e. The van der Waals surface area contributed by atoms with Gasteiger partial charge in [0.05, 0.1) is 6.20 Å². The Balaban J connectivity index is 2.43. The fourth-order valence-electron chi connectivity index (χ4n) is 0.684. The predicted molar refractivity (Wildman–Crippen MR) is 46.4 cm³/mol. The molecule has 1 aromatic heterocycles. The molecule has 1 amide bonds. The lowest BCUT2D eigenvalue weighted by atomic mass is 10.2. The number of anilines is 1. The van der Waals surface area contributed by atoms with Gasteiger partial charge in [-0.1, -0.05) is 5.16 Å². The van der Waals surface area contributed by atoms with Gasteiger partial charge in [0.25, 0.3) is 0 Å². The van der Waals surface area contributed by atoms with Gasteiger partial charge >= 0.3 is 6.09 Å². The third kappa shape index (κ3) is 3.59. The molecule has 0 saturated heterocycles. The number of nitrogens with one attached hydrogen (secondary N) is 1. The molecule has 5 nitrogen and oxygen atoms in total. The van der Waals surface area contributed by atoms with Crippen molar-refractivity contribution < 1.29 is 14.1 Å². The van der Waals surface area contributed by atoms with E-state index in [0.29, 0.717) is 0 Å². The quantitative estimate of drug-likeness (QED) is 0.725. The lowest BCUT2D eigenvalue weighted by molar-refractivity contribution is 0.0631. The molecule has 0 aromatic carbocycles. The van der Waals surface area contributed by atoms with Gasteiger partial charge in [-0.05, 0) is 20.8 Å². The topological polar surface area (TPSA) is 64.4 Å². The molecule has 0 aliphatic carbocycles. The molecule has 0 atom stereocenters. The van der Waals surface area contributed by atoms with Crippen molar-refractivity contribution in [1.29, 1.82) is 0 Å². The van der Waals surface area contributed by atoms with Gasteiger partial charge in [0.2, 0.25) is 5.88 Å². The monoisotopic (exact) mass is 184 g/mol. The van der Waals surface area contributed by atoms with Crippen LogP contribution in [0.2, 0.25) is 0 Å². The number of carbonyl (C=O) groups excluding carboxylic acids is 1. The zero-order valence-corrected chi connectivity index (χ0v) is 7.83. The van der Waals surface area contributed by atoms with Gasteiger partial charge in [0.15, 0.2) is 0 Å². The molecule has 1 aromatic rings. The summed E-state index contributed by atoms with van der Waals surface area (Å²) in [6.45, 7) is 5.35. The van der Waals surface area contributed by atoms with Crippen molar-refractivity contribution in [3.05, 3.63) is 12.3 Å². The van der Waals surface area contributed by atoms with E-state index in [1.807, 2.05) is 0 Å². The summed E-state index contributed by atoms with van der Waals surface area (Å²) < 4.78 is 9.63. The van der Waals surface area contributed by atoms with Gasteiger partial charge in [0, 0.05) is 6.07 Å². The lowest BCUT2D eigenvalue weighted by Gasteiger charge is -2.18. The molecule has 1 N–H and O–H groups in total. The zero-order chi connectivity index (χ0) is 9.90. The van der Waals surface area contributed by atoms with E-state index in [-0.39, 0.29) is 5.88 Å². The van der Waals surface area contributed by atoms with Crippen LogP contribution in [0.15, 0.2) is 16.8 Å². The Labute approximate surface area is 76.0 Å². The van der Waals surface area contributed by atoms with E-state index in [9.17, 15) is 4.79 Å². The van der Waals surface area contributed by atoms with Crippen molar-refractivity contribution in [2.24, 2.45) is 0 Å². The highest BCUT2D eigenvalue weighted by molar-refractivity contribution is 5.82. The van der Waals surface area contributed by atoms with Gasteiger partial charge in [-0.25, -0.2) is 4.79 Å². The van der Waals surface area contributed by atoms with Crippen molar-refractivity contribution in [3.63, 3.8) is 0 Å². The Bertz CT molecular complexity index is 274. The first kappa shape index (κ1) is 9.57. The average molecular weight is 184 g/mol.